The lowest BCUT2D eigenvalue weighted by atomic mass is 10.1. The largest absolute Gasteiger partial charge is 0.492 e. The van der Waals surface area contributed by atoms with Gasteiger partial charge < -0.3 is 20.7 Å². The summed E-state index contributed by atoms with van der Waals surface area (Å²) in [5.74, 6) is -0.887. The predicted octanol–water partition coefficient (Wildman–Crippen LogP) is 0.974. The zero-order valence-corrected chi connectivity index (χ0v) is 9.01. The second kappa shape index (κ2) is 5.37. The van der Waals surface area contributed by atoms with Gasteiger partial charge in [0.05, 0.1) is 6.61 Å². The molecule has 5 heteroatoms. The summed E-state index contributed by atoms with van der Waals surface area (Å²) in [5, 5.41) is 17.7. The first-order valence-corrected chi connectivity index (χ1v) is 4.91. The van der Waals surface area contributed by atoms with Gasteiger partial charge >= 0.3 is 5.97 Å². The Morgan fingerprint density at radius 2 is 2.25 bits per heavy atom. The van der Waals surface area contributed by atoms with Crippen molar-refractivity contribution in [3.8, 4) is 5.75 Å². The summed E-state index contributed by atoms with van der Waals surface area (Å²) in [4.78, 5) is 10.9. The Bertz CT molecular complexity index is 378. The monoisotopic (exact) mass is 225 g/mol. The maximum Gasteiger partial charge on any atom is 0.339 e. The second-order valence-electron chi connectivity index (χ2n) is 3.66. The smallest absolute Gasteiger partial charge is 0.339 e. The van der Waals surface area contributed by atoms with Gasteiger partial charge in [0.2, 0.25) is 0 Å². The van der Waals surface area contributed by atoms with E-state index < -0.39 is 5.97 Å². The second-order valence-corrected chi connectivity index (χ2v) is 3.66. The minimum Gasteiger partial charge on any atom is -0.492 e. The number of carbonyl (C=O) groups is 1. The molecule has 0 radical (unpaired) electrons. The first-order valence-electron chi connectivity index (χ1n) is 4.91. The van der Waals surface area contributed by atoms with Gasteiger partial charge in [0, 0.05) is 24.3 Å². The van der Waals surface area contributed by atoms with Crippen molar-refractivity contribution in [2.24, 2.45) is 5.92 Å². The van der Waals surface area contributed by atoms with Crippen molar-refractivity contribution < 1.29 is 19.7 Å². The Morgan fingerprint density at radius 1 is 1.56 bits per heavy atom. The number of aliphatic hydroxyl groups excluding tert-OH is 1. The van der Waals surface area contributed by atoms with Crippen LogP contribution in [0.1, 0.15) is 17.3 Å². The first kappa shape index (κ1) is 12.3. The fraction of sp³-hybridized carbons (Fsp3) is 0.364. The molecule has 0 saturated heterocycles. The maximum atomic E-state index is 10.9. The number of nitrogen functional groups attached to an aromatic ring is 1. The minimum absolute atomic E-state index is 0.00921. The number of aromatic carboxylic acids is 1. The summed E-state index contributed by atoms with van der Waals surface area (Å²) < 4.78 is 5.31. The number of carboxylic acids is 1. The molecule has 1 atom stereocenters. The van der Waals surface area contributed by atoms with E-state index in [1.807, 2.05) is 0 Å². The zero-order valence-electron chi connectivity index (χ0n) is 9.01. The Morgan fingerprint density at radius 3 is 2.81 bits per heavy atom. The van der Waals surface area contributed by atoms with Gasteiger partial charge in [-0.05, 0) is 12.1 Å². The molecular weight excluding hydrogens is 210 g/mol. The van der Waals surface area contributed by atoms with E-state index in [4.69, 9.17) is 20.7 Å². The molecule has 0 heterocycles. The van der Waals surface area contributed by atoms with Gasteiger partial charge in [-0.1, -0.05) is 6.92 Å². The molecule has 0 fully saturated rings. The third-order valence-electron chi connectivity index (χ3n) is 2.07. The number of carboxylic acid groups (broad SMARTS) is 1. The lowest BCUT2D eigenvalue weighted by Gasteiger charge is -2.12. The van der Waals surface area contributed by atoms with E-state index in [0.717, 1.165) is 0 Å². The van der Waals surface area contributed by atoms with Gasteiger partial charge in [-0.25, -0.2) is 4.79 Å². The topological polar surface area (TPSA) is 92.8 Å². The number of aliphatic hydroxyl groups is 1. The van der Waals surface area contributed by atoms with Crippen LogP contribution in [0.4, 0.5) is 5.69 Å². The normalized spacial score (nSPS) is 12.1. The molecule has 0 aliphatic carbocycles. The van der Waals surface area contributed by atoms with E-state index in [0.29, 0.717) is 5.69 Å². The van der Waals surface area contributed by atoms with Gasteiger partial charge in [0.25, 0.3) is 0 Å². The summed E-state index contributed by atoms with van der Waals surface area (Å²) in [6.07, 6.45) is 0. The molecule has 0 saturated carbocycles. The molecule has 0 bridgehead atoms. The van der Waals surface area contributed by atoms with Crippen LogP contribution in [0.15, 0.2) is 18.2 Å². The van der Waals surface area contributed by atoms with E-state index in [2.05, 4.69) is 0 Å². The van der Waals surface area contributed by atoms with Gasteiger partial charge in [-0.15, -0.1) is 0 Å². The molecule has 4 N–H and O–H groups in total. The summed E-state index contributed by atoms with van der Waals surface area (Å²) >= 11 is 0. The standard InChI is InChI=1S/C11H15NO4/c1-7(5-13)6-16-10-4-8(12)2-3-9(10)11(14)15/h2-4,7,13H,5-6,12H2,1H3,(H,14,15). The number of ether oxygens (including phenoxy) is 1. The summed E-state index contributed by atoms with van der Waals surface area (Å²) in [7, 11) is 0. The lowest BCUT2D eigenvalue weighted by Crippen LogP contribution is -2.14. The van der Waals surface area contributed by atoms with Crippen molar-refractivity contribution in [1.82, 2.24) is 0 Å². The van der Waals surface area contributed by atoms with Crippen LogP contribution in [-0.2, 0) is 0 Å². The highest BCUT2D eigenvalue weighted by molar-refractivity contribution is 5.91. The molecular formula is C11H15NO4. The molecule has 0 spiro atoms. The van der Waals surface area contributed by atoms with Crippen molar-refractivity contribution >= 4 is 11.7 Å². The number of hydrogen-bond donors (Lipinski definition) is 3. The zero-order chi connectivity index (χ0) is 12.1. The maximum absolute atomic E-state index is 10.9. The Balaban J connectivity index is 2.84. The number of nitrogens with two attached hydrogens (primary N) is 1. The predicted molar refractivity (Wildman–Crippen MR) is 59.6 cm³/mol. The van der Waals surface area contributed by atoms with Crippen molar-refractivity contribution in [1.29, 1.82) is 0 Å². The van der Waals surface area contributed by atoms with E-state index in [1.54, 1.807) is 6.92 Å². The summed E-state index contributed by atoms with van der Waals surface area (Å²) in [6, 6.07) is 4.37. The first-order chi connectivity index (χ1) is 7.54. The highest BCUT2D eigenvalue weighted by atomic mass is 16.5. The number of hydrogen-bond acceptors (Lipinski definition) is 4. The Labute approximate surface area is 93.5 Å². The average molecular weight is 225 g/mol. The third-order valence-corrected chi connectivity index (χ3v) is 2.07. The van der Waals surface area contributed by atoms with Crippen LogP contribution in [-0.4, -0.2) is 29.4 Å². The lowest BCUT2D eigenvalue weighted by molar-refractivity contribution is 0.0690. The van der Waals surface area contributed by atoms with E-state index in [9.17, 15) is 4.79 Å². The van der Waals surface area contributed by atoms with Gasteiger partial charge in [0.1, 0.15) is 11.3 Å². The van der Waals surface area contributed by atoms with Crippen molar-refractivity contribution in [3.05, 3.63) is 23.8 Å². The molecule has 0 aliphatic rings. The molecule has 88 valence electrons. The van der Waals surface area contributed by atoms with Gasteiger partial charge in [-0.3, -0.25) is 0 Å². The molecule has 1 aromatic rings. The molecule has 1 unspecified atom stereocenters. The van der Waals surface area contributed by atoms with Crippen LogP contribution < -0.4 is 10.5 Å². The molecule has 0 aromatic heterocycles. The number of rotatable bonds is 5. The van der Waals surface area contributed by atoms with Crippen LogP contribution in [0.25, 0.3) is 0 Å². The number of anilines is 1. The minimum atomic E-state index is -1.06. The van der Waals surface area contributed by atoms with Crippen molar-refractivity contribution in [2.45, 2.75) is 6.92 Å². The van der Waals surface area contributed by atoms with E-state index in [1.165, 1.54) is 18.2 Å². The quantitative estimate of drug-likeness (QED) is 0.649. The molecule has 5 nitrogen and oxygen atoms in total. The third kappa shape index (κ3) is 3.13. The Hall–Kier alpha value is -1.75. The van der Waals surface area contributed by atoms with Gasteiger partial charge in [-0.2, -0.15) is 0 Å². The molecule has 1 aromatic carbocycles. The highest BCUT2D eigenvalue weighted by Crippen LogP contribution is 2.22. The number of benzene rings is 1. The fourth-order valence-electron chi connectivity index (χ4n) is 1.12. The molecule has 16 heavy (non-hydrogen) atoms. The van der Waals surface area contributed by atoms with Crippen LogP contribution in [0.3, 0.4) is 0 Å². The molecule has 0 aliphatic heterocycles. The molecule has 1 rings (SSSR count). The van der Waals surface area contributed by atoms with E-state index in [-0.39, 0.29) is 30.4 Å². The van der Waals surface area contributed by atoms with Crippen LogP contribution in [0.5, 0.6) is 5.75 Å². The van der Waals surface area contributed by atoms with Crippen LogP contribution in [0, 0.1) is 5.92 Å². The SMILES string of the molecule is CC(CO)COc1cc(N)ccc1C(=O)O. The fourth-order valence-corrected chi connectivity index (χ4v) is 1.12. The van der Waals surface area contributed by atoms with Crippen molar-refractivity contribution in [3.63, 3.8) is 0 Å². The van der Waals surface area contributed by atoms with Crippen LogP contribution >= 0.6 is 0 Å². The average Bonchev–Trinajstić information content (AvgIpc) is 2.25. The molecule has 0 amide bonds. The van der Waals surface area contributed by atoms with Crippen molar-refractivity contribution in [2.75, 3.05) is 18.9 Å². The van der Waals surface area contributed by atoms with Crippen LogP contribution in [0.2, 0.25) is 0 Å². The summed E-state index contributed by atoms with van der Waals surface area (Å²) in [6.45, 7) is 2.04. The summed E-state index contributed by atoms with van der Waals surface area (Å²) in [5.41, 5.74) is 6.05. The van der Waals surface area contributed by atoms with Gasteiger partial charge in [0.15, 0.2) is 0 Å². The Kier molecular flexibility index (Phi) is 4.13. The van der Waals surface area contributed by atoms with E-state index >= 15 is 0 Å². The highest BCUT2D eigenvalue weighted by Gasteiger charge is 2.12.